The van der Waals surface area contributed by atoms with Crippen molar-refractivity contribution in [3.05, 3.63) is 42.3 Å². The van der Waals surface area contributed by atoms with E-state index in [0.717, 1.165) is 0 Å². The Morgan fingerprint density at radius 3 is 2.33 bits per heavy atom. The van der Waals surface area contributed by atoms with Gasteiger partial charge in [0.1, 0.15) is 0 Å². The predicted octanol–water partition coefficient (Wildman–Crippen LogP) is 1.00. The van der Waals surface area contributed by atoms with Crippen LogP contribution in [0.2, 0.25) is 0 Å². The second-order valence-electron chi connectivity index (χ2n) is 2.27. The molecule has 0 aliphatic heterocycles. The fraction of sp³-hybridized carbons (Fsp3) is 0.125. The van der Waals surface area contributed by atoms with Gasteiger partial charge in [-0.15, -0.1) is 0 Å². The summed E-state index contributed by atoms with van der Waals surface area (Å²) in [6, 6.07) is 8.79. The first-order valence-electron chi connectivity index (χ1n) is 3.32. The fourth-order valence-corrected chi connectivity index (χ4v) is 1.08. The normalized spacial score (nSPS) is 11.4. The first-order chi connectivity index (χ1) is 5.58. The Bertz CT molecular complexity index is 329. The van der Waals surface area contributed by atoms with Crippen LogP contribution in [0, 0.1) is 6.42 Å². The molecule has 0 unspecified atom stereocenters. The van der Waals surface area contributed by atoms with Crippen molar-refractivity contribution < 1.29 is 13.0 Å². The standard InChI is InChI=1S/C8H8O3S/c9-12(10,11)7-6-8-4-2-1-3-5-8/h1-5H,7H2,(H,9,10,11). The maximum Gasteiger partial charge on any atom is 0.265 e. The van der Waals surface area contributed by atoms with E-state index >= 15 is 0 Å². The number of benzene rings is 1. The van der Waals surface area contributed by atoms with Crippen molar-refractivity contribution in [3.8, 4) is 0 Å². The van der Waals surface area contributed by atoms with Gasteiger partial charge in [0.2, 0.25) is 0 Å². The van der Waals surface area contributed by atoms with E-state index in [-0.39, 0.29) is 0 Å². The molecule has 0 spiro atoms. The van der Waals surface area contributed by atoms with E-state index in [9.17, 15) is 8.42 Å². The second kappa shape index (κ2) is 3.69. The van der Waals surface area contributed by atoms with Gasteiger partial charge in [-0.05, 0) is 5.56 Å². The summed E-state index contributed by atoms with van der Waals surface area (Å²) >= 11 is 0. The van der Waals surface area contributed by atoms with E-state index in [1.54, 1.807) is 24.3 Å². The van der Waals surface area contributed by atoms with Crippen molar-refractivity contribution in [2.45, 2.75) is 0 Å². The first kappa shape index (κ1) is 9.22. The molecule has 3 nitrogen and oxygen atoms in total. The molecule has 12 heavy (non-hydrogen) atoms. The lowest BCUT2D eigenvalue weighted by Crippen LogP contribution is -2.04. The zero-order valence-electron chi connectivity index (χ0n) is 6.27. The Labute approximate surface area is 71.8 Å². The summed E-state index contributed by atoms with van der Waals surface area (Å²) in [7, 11) is -3.93. The van der Waals surface area contributed by atoms with Crippen molar-refractivity contribution in [2.75, 3.05) is 5.75 Å². The highest BCUT2D eigenvalue weighted by Gasteiger charge is 2.04. The molecule has 0 aromatic heterocycles. The Balaban J connectivity index is 2.56. The Morgan fingerprint density at radius 2 is 1.83 bits per heavy atom. The molecule has 0 fully saturated rings. The minimum atomic E-state index is -3.93. The van der Waals surface area contributed by atoms with Crippen LogP contribution in [-0.4, -0.2) is 18.7 Å². The topological polar surface area (TPSA) is 54.4 Å². The lowest BCUT2D eigenvalue weighted by atomic mass is 10.2. The lowest BCUT2D eigenvalue weighted by molar-refractivity contribution is 0.486. The molecular weight excluding hydrogens is 176 g/mol. The molecule has 1 aromatic carbocycles. The van der Waals surface area contributed by atoms with Crippen LogP contribution in [0.3, 0.4) is 0 Å². The highest BCUT2D eigenvalue weighted by molar-refractivity contribution is 7.85. The van der Waals surface area contributed by atoms with Crippen molar-refractivity contribution >= 4 is 10.1 Å². The fourth-order valence-electron chi connectivity index (χ4n) is 0.731. The summed E-state index contributed by atoms with van der Waals surface area (Å²) in [6.07, 6.45) is 2.55. The summed E-state index contributed by atoms with van der Waals surface area (Å²) in [5.41, 5.74) is 0.662. The zero-order valence-corrected chi connectivity index (χ0v) is 7.08. The Morgan fingerprint density at radius 1 is 1.25 bits per heavy atom. The highest BCUT2D eigenvalue weighted by atomic mass is 32.2. The van der Waals surface area contributed by atoms with Gasteiger partial charge in [-0.25, -0.2) is 0 Å². The third-order valence-electron chi connectivity index (χ3n) is 1.23. The van der Waals surface area contributed by atoms with E-state index in [1.165, 1.54) is 0 Å². The lowest BCUT2D eigenvalue weighted by Gasteiger charge is -1.96. The molecule has 0 bridgehead atoms. The number of hydrogen-bond donors (Lipinski definition) is 1. The SMILES string of the molecule is O=S(=O)(O)C[C]c1ccccc1. The van der Waals surface area contributed by atoms with Crippen LogP contribution < -0.4 is 0 Å². The van der Waals surface area contributed by atoms with Crippen LogP contribution in [-0.2, 0) is 10.1 Å². The van der Waals surface area contributed by atoms with Gasteiger partial charge in [0.05, 0.1) is 5.75 Å². The van der Waals surface area contributed by atoms with Gasteiger partial charge in [0, 0.05) is 6.42 Å². The van der Waals surface area contributed by atoms with Crippen LogP contribution in [0.25, 0.3) is 0 Å². The molecule has 0 saturated heterocycles. The smallest absolute Gasteiger partial charge is 0.265 e. The van der Waals surface area contributed by atoms with E-state index in [0.29, 0.717) is 5.56 Å². The average molecular weight is 184 g/mol. The molecule has 0 atom stereocenters. The maximum atomic E-state index is 10.3. The van der Waals surface area contributed by atoms with Crippen LogP contribution in [0.5, 0.6) is 0 Å². The van der Waals surface area contributed by atoms with Crippen LogP contribution in [0.1, 0.15) is 5.56 Å². The van der Waals surface area contributed by atoms with Crippen molar-refractivity contribution in [3.63, 3.8) is 0 Å². The summed E-state index contributed by atoms with van der Waals surface area (Å²) < 4.78 is 29.0. The summed E-state index contributed by atoms with van der Waals surface area (Å²) in [4.78, 5) is 0. The second-order valence-corrected chi connectivity index (χ2v) is 3.72. The minimum absolute atomic E-state index is 0.461. The highest BCUT2D eigenvalue weighted by Crippen LogP contribution is 2.02. The van der Waals surface area contributed by atoms with Crippen molar-refractivity contribution in [1.29, 1.82) is 0 Å². The first-order valence-corrected chi connectivity index (χ1v) is 4.93. The van der Waals surface area contributed by atoms with E-state index < -0.39 is 15.9 Å². The van der Waals surface area contributed by atoms with Crippen LogP contribution in [0.4, 0.5) is 0 Å². The predicted molar refractivity (Wildman–Crippen MR) is 45.2 cm³/mol. The third-order valence-corrected chi connectivity index (χ3v) is 1.74. The maximum absolute atomic E-state index is 10.3. The van der Waals surface area contributed by atoms with Crippen molar-refractivity contribution in [2.24, 2.45) is 0 Å². The monoisotopic (exact) mass is 184 g/mol. The molecule has 1 N–H and O–H groups in total. The average Bonchev–Trinajstić information content (AvgIpc) is 2.02. The summed E-state index contributed by atoms with van der Waals surface area (Å²) in [5.74, 6) is -0.461. The molecular formula is C8H8O3S. The van der Waals surface area contributed by atoms with E-state index in [1.807, 2.05) is 6.07 Å². The number of hydrogen-bond acceptors (Lipinski definition) is 2. The molecule has 1 rings (SSSR count). The van der Waals surface area contributed by atoms with Gasteiger partial charge >= 0.3 is 0 Å². The Kier molecular flexibility index (Phi) is 2.83. The van der Waals surface area contributed by atoms with Crippen LogP contribution >= 0.6 is 0 Å². The molecule has 0 saturated carbocycles. The molecule has 0 amide bonds. The summed E-state index contributed by atoms with van der Waals surface area (Å²) in [6.45, 7) is 0. The quantitative estimate of drug-likeness (QED) is 0.713. The minimum Gasteiger partial charge on any atom is -0.286 e. The van der Waals surface area contributed by atoms with Gasteiger partial charge in [-0.2, -0.15) is 8.42 Å². The molecule has 0 aliphatic carbocycles. The van der Waals surface area contributed by atoms with E-state index in [2.05, 4.69) is 6.42 Å². The van der Waals surface area contributed by atoms with Crippen molar-refractivity contribution in [1.82, 2.24) is 0 Å². The van der Waals surface area contributed by atoms with Gasteiger partial charge in [0.15, 0.2) is 0 Å². The molecule has 64 valence electrons. The molecule has 0 heterocycles. The largest absolute Gasteiger partial charge is 0.286 e. The Hall–Kier alpha value is -0.870. The van der Waals surface area contributed by atoms with E-state index in [4.69, 9.17) is 4.55 Å². The molecule has 4 heteroatoms. The zero-order chi connectivity index (χ0) is 9.03. The van der Waals surface area contributed by atoms with Gasteiger partial charge in [0.25, 0.3) is 10.1 Å². The number of rotatable bonds is 3. The molecule has 0 aliphatic rings. The van der Waals surface area contributed by atoms with Gasteiger partial charge < -0.3 is 0 Å². The summed E-state index contributed by atoms with van der Waals surface area (Å²) in [5, 5.41) is 0. The third kappa shape index (κ3) is 3.50. The van der Waals surface area contributed by atoms with Crippen LogP contribution in [0.15, 0.2) is 30.3 Å². The van der Waals surface area contributed by atoms with Gasteiger partial charge in [-0.3, -0.25) is 4.55 Å². The molecule has 2 radical (unpaired) electrons. The molecule has 1 aromatic rings. The van der Waals surface area contributed by atoms with Gasteiger partial charge in [-0.1, -0.05) is 30.3 Å².